The van der Waals surface area contributed by atoms with Gasteiger partial charge in [-0.15, -0.1) is 0 Å². The van der Waals surface area contributed by atoms with Crippen molar-refractivity contribution in [2.45, 2.75) is 54.8 Å². The summed E-state index contributed by atoms with van der Waals surface area (Å²) in [4.78, 5) is 70.1. The third-order valence-electron chi connectivity index (χ3n) is 19.6. The first kappa shape index (κ1) is 57.5. The summed E-state index contributed by atoms with van der Waals surface area (Å²) in [5, 5.41) is 3.53. The number of rotatable bonds is 12. The van der Waals surface area contributed by atoms with E-state index in [1.807, 2.05) is 111 Å². The molecule has 18 heteroatoms. The monoisotopic (exact) mass is 1220 g/mol. The van der Waals surface area contributed by atoms with Gasteiger partial charge in [0.05, 0.1) is 33.6 Å². The Labute approximate surface area is 541 Å². The minimum absolute atomic E-state index is 0.384. The van der Waals surface area contributed by atoms with Crippen LogP contribution in [0.25, 0.3) is 32.7 Å². The first-order valence-electron chi connectivity index (χ1n) is 32.7. The molecule has 6 aliphatic rings. The highest BCUT2D eigenvalue weighted by Crippen LogP contribution is 2.41. The van der Waals surface area contributed by atoms with Crippen LogP contribution in [-0.4, -0.2) is 138 Å². The topological polar surface area (TPSA) is 174 Å². The van der Waals surface area contributed by atoms with E-state index in [0.717, 1.165) is 166 Å². The molecule has 15 heterocycles. The lowest BCUT2D eigenvalue weighted by molar-refractivity contribution is 0.507. The van der Waals surface area contributed by atoms with Crippen molar-refractivity contribution in [2.75, 3.05) is 108 Å². The second kappa shape index (κ2) is 25.9. The Morgan fingerprint density at radius 3 is 0.849 bits per heavy atom. The number of pyridine rings is 6. The maximum atomic E-state index is 4.84. The van der Waals surface area contributed by atoms with Crippen LogP contribution in [0.3, 0.4) is 0 Å². The highest BCUT2D eigenvalue weighted by atomic mass is 15.3. The van der Waals surface area contributed by atoms with Crippen molar-refractivity contribution in [3.8, 4) is 0 Å². The van der Waals surface area contributed by atoms with Gasteiger partial charge in [0.2, 0.25) is 0 Å². The van der Waals surface area contributed by atoms with Crippen molar-refractivity contribution in [2.24, 2.45) is 0 Å². The quantitative estimate of drug-likeness (QED) is 0.113. The summed E-state index contributed by atoms with van der Waals surface area (Å²) in [7, 11) is 0. The van der Waals surface area contributed by atoms with Gasteiger partial charge in [-0.1, -0.05) is 72.8 Å². The van der Waals surface area contributed by atoms with Gasteiger partial charge in [0.1, 0.15) is 17.5 Å². The Balaban J connectivity index is 0.000000111. The number of hydrogen-bond donors (Lipinski definition) is 0. The fourth-order valence-electron chi connectivity index (χ4n) is 14.4. The molecule has 6 aliphatic heterocycles. The van der Waals surface area contributed by atoms with Crippen LogP contribution < -0.4 is 29.4 Å². The second-order valence-corrected chi connectivity index (χ2v) is 25.3. The maximum absolute atomic E-state index is 4.84. The average Bonchev–Trinajstić information content (AvgIpc) is 1.49. The molecule has 1 unspecified atom stereocenters. The Morgan fingerprint density at radius 1 is 0.258 bits per heavy atom. The van der Waals surface area contributed by atoms with Gasteiger partial charge in [0.15, 0.2) is 17.5 Å². The minimum Gasteiger partial charge on any atom is -0.355 e. The van der Waals surface area contributed by atoms with Crippen LogP contribution in [0.2, 0.25) is 0 Å². The first-order valence-corrected chi connectivity index (χ1v) is 32.7. The number of aromatic nitrogens is 12. The van der Waals surface area contributed by atoms with E-state index in [0.29, 0.717) is 35.5 Å². The molecule has 0 spiro atoms. The normalized spacial score (nSPS) is 19.0. The van der Waals surface area contributed by atoms with Gasteiger partial charge in [-0.3, -0.25) is 29.9 Å². The molecule has 6 saturated heterocycles. The van der Waals surface area contributed by atoms with Gasteiger partial charge >= 0.3 is 0 Å². The third kappa shape index (κ3) is 12.2. The van der Waals surface area contributed by atoms with Crippen LogP contribution in [0, 0.1) is 0 Å². The SMILES string of the molecule is c1cncc(C2CCN(c3nccnc3C3CN(c4ccc5ccccc5n4)C3)C2)c1.c1cncc([C@@H]2CCN(c3nccnc3C3CN(c4ccc5ccccc5n4)C3)C2)c1.c1cncc([C@H]2CCN(c3nccnc3C3CN(c4ccc5ccccc5n4)C3)C2)c1. The third-order valence-corrected chi connectivity index (χ3v) is 19.6. The van der Waals surface area contributed by atoms with Crippen LogP contribution in [0.4, 0.5) is 34.9 Å². The van der Waals surface area contributed by atoms with E-state index < -0.39 is 0 Å². The van der Waals surface area contributed by atoms with Crippen molar-refractivity contribution in [3.63, 3.8) is 0 Å². The molecule has 0 N–H and O–H groups in total. The van der Waals surface area contributed by atoms with Crippen molar-refractivity contribution >= 4 is 67.6 Å². The summed E-state index contributed by atoms with van der Waals surface area (Å²) >= 11 is 0. The zero-order valence-corrected chi connectivity index (χ0v) is 51.9. The summed E-state index contributed by atoms with van der Waals surface area (Å²) in [6.45, 7) is 11.5. The molecule has 18 rings (SSSR count). The lowest BCUT2D eigenvalue weighted by atomic mass is 9.95. The van der Waals surface area contributed by atoms with Gasteiger partial charge in [-0.05, 0) is 109 Å². The number of benzene rings is 3. The van der Waals surface area contributed by atoms with Crippen molar-refractivity contribution in [1.29, 1.82) is 0 Å². The molecule has 0 amide bonds. The molecule has 0 saturated carbocycles. The van der Waals surface area contributed by atoms with E-state index in [-0.39, 0.29) is 0 Å². The van der Waals surface area contributed by atoms with Crippen LogP contribution >= 0.6 is 0 Å². The number of fused-ring (bicyclic) bond motifs is 3. The molecule has 0 radical (unpaired) electrons. The average molecular weight is 1230 g/mol. The van der Waals surface area contributed by atoms with Gasteiger partial charge in [-0.25, -0.2) is 29.9 Å². The predicted molar refractivity (Wildman–Crippen MR) is 368 cm³/mol. The number of nitrogens with zero attached hydrogens (tertiary/aromatic N) is 18. The van der Waals surface area contributed by atoms with E-state index in [9.17, 15) is 0 Å². The van der Waals surface area contributed by atoms with Crippen LogP contribution in [0.5, 0.6) is 0 Å². The van der Waals surface area contributed by atoms with E-state index in [1.54, 1.807) is 0 Å². The fourth-order valence-corrected chi connectivity index (χ4v) is 14.4. The molecule has 3 aromatic carbocycles. The molecule has 6 fully saturated rings. The minimum atomic E-state index is 0.384. The zero-order valence-electron chi connectivity index (χ0n) is 51.9. The summed E-state index contributed by atoms with van der Waals surface area (Å²) in [6.07, 6.45) is 25.8. The summed E-state index contributed by atoms with van der Waals surface area (Å²) in [5.74, 6) is 8.92. The Morgan fingerprint density at radius 2 is 0.548 bits per heavy atom. The standard InChI is InChI=1S/3C25H24N6/c3*1-2-6-22-18(4-1)7-8-23(29-22)31-16-21(17-31)24-25(28-12-11-27-24)30-13-9-20(15-30)19-5-3-10-26-14-19/h3*1-8,10-12,14,20-21H,9,13,15-17H2/t2*20-;/m10./s1. The van der Waals surface area contributed by atoms with E-state index >= 15 is 0 Å². The number of anilines is 6. The Bertz CT molecular complexity index is 4070. The lowest BCUT2D eigenvalue weighted by Crippen LogP contribution is -2.46. The molecule has 0 bridgehead atoms. The van der Waals surface area contributed by atoms with E-state index in [1.165, 1.54) is 32.8 Å². The van der Waals surface area contributed by atoms with Gasteiger partial charge in [0, 0.05) is 205 Å². The highest BCUT2D eigenvalue weighted by molar-refractivity contribution is 5.82. The molecule has 3 atom stereocenters. The Hall–Kier alpha value is -10.6. The molecule has 9 aromatic heterocycles. The van der Waals surface area contributed by atoms with Crippen molar-refractivity contribution in [3.05, 3.63) is 254 Å². The van der Waals surface area contributed by atoms with Gasteiger partial charge < -0.3 is 29.4 Å². The first-order chi connectivity index (χ1) is 46.0. The summed E-state index contributed by atoms with van der Waals surface area (Å²) in [6, 6.07) is 50.2. The van der Waals surface area contributed by atoms with Crippen LogP contribution in [0.15, 0.2) is 220 Å². The molecule has 0 aliphatic carbocycles. The lowest BCUT2D eigenvalue weighted by Gasteiger charge is -2.40. The second-order valence-electron chi connectivity index (χ2n) is 25.3. The fraction of sp³-hybridized carbons (Fsp3) is 0.280. The summed E-state index contributed by atoms with van der Waals surface area (Å²) < 4.78 is 0. The Kier molecular flexibility index (Phi) is 16.0. The predicted octanol–water partition coefficient (Wildman–Crippen LogP) is 12.1. The van der Waals surface area contributed by atoms with Crippen molar-refractivity contribution in [1.82, 2.24) is 59.8 Å². The van der Waals surface area contributed by atoms with E-state index in [4.69, 9.17) is 44.9 Å². The van der Waals surface area contributed by atoms with Crippen LogP contribution in [-0.2, 0) is 0 Å². The zero-order chi connectivity index (χ0) is 61.9. The highest BCUT2D eigenvalue weighted by Gasteiger charge is 2.39. The van der Waals surface area contributed by atoms with E-state index in [2.05, 4.69) is 154 Å². The van der Waals surface area contributed by atoms with Crippen LogP contribution in [0.1, 0.15) is 88.5 Å². The molecular formula is C75H72N18. The number of hydrogen-bond acceptors (Lipinski definition) is 18. The summed E-state index contributed by atoms with van der Waals surface area (Å²) in [5.41, 5.74) is 10.4. The largest absolute Gasteiger partial charge is 0.355 e. The molecule has 12 aromatic rings. The van der Waals surface area contributed by atoms with Gasteiger partial charge in [0.25, 0.3) is 0 Å². The number of para-hydroxylation sites is 3. The molecular weight excluding hydrogens is 1150 g/mol. The molecule has 18 nitrogen and oxygen atoms in total. The van der Waals surface area contributed by atoms with Crippen molar-refractivity contribution < 1.29 is 0 Å². The smallest absolute Gasteiger partial charge is 0.150 e. The van der Waals surface area contributed by atoms with Gasteiger partial charge in [-0.2, -0.15) is 0 Å². The molecule has 462 valence electrons. The maximum Gasteiger partial charge on any atom is 0.150 e. The molecule has 93 heavy (non-hydrogen) atoms.